The van der Waals surface area contributed by atoms with Crippen molar-refractivity contribution in [2.24, 2.45) is 0 Å². The van der Waals surface area contributed by atoms with Crippen LogP contribution >= 0.6 is 23.2 Å². The Balaban J connectivity index is 3.53. The number of rotatable bonds is 2. The fourth-order valence-electron chi connectivity index (χ4n) is 1.13. The Labute approximate surface area is 99.0 Å². The van der Waals surface area contributed by atoms with Crippen LogP contribution in [0, 0.1) is 0 Å². The van der Waals surface area contributed by atoms with Crippen molar-refractivity contribution in [1.29, 1.82) is 0 Å². The molecule has 1 aromatic rings. The summed E-state index contributed by atoms with van der Waals surface area (Å²) < 4.78 is 0. The van der Waals surface area contributed by atoms with E-state index in [0.717, 1.165) is 10.6 Å². The van der Waals surface area contributed by atoms with Gasteiger partial charge < -0.3 is 0 Å². The second-order valence-electron chi connectivity index (χ2n) is 2.84. The molecule has 0 amide bonds. The van der Waals surface area contributed by atoms with Gasteiger partial charge in [-0.25, -0.2) is 9.97 Å². The summed E-state index contributed by atoms with van der Waals surface area (Å²) >= 11 is 11.7. The zero-order valence-corrected chi connectivity index (χ0v) is 10.2. The van der Waals surface area contributed by atoms with Crippen molar-refractivity contribution < 1.29 is 0 Å². The maximum Gasteiger partial charge on any atom is 0.145 e. The standard InChI is InChI=1S/C11H12Cl2N2/c1-3-5-6-8-9(4-2)14-10(7-12)15-11(8)13/h3-6H,7H2,1-2H3/b5-3-,8-6+,9-4+. The second kappa shape index (κ2) is 5.89. The van der Waals surface area contributed by atoms with E-state index in [-0.39, 0.29) is 5.88 Å². The summed E-state index contributed by atoms with van der Waals surface area (Å²) in [5.41, 5.74) is 0. The summed E-state index contributed by atoms with van der Waals surface area (Å²) in [6.07, 6.45) is 7.60. The average molecular weight is 243 g/mol. The van der Waals surface area contributed by atoms with Gasteiger partial charge >= 0.3 is 0 Å². The van der Waals surface area contributed by atoms with Gasteiger partial charge in [0.15, 0.2) is 0 Å². The lowest BCUT2D eigenvalue weighted by atomic mass is 10.3. The maximum atomic E-state index is 6.03. The molecular formula is C11H12Cl2N2. The number of alkyl halides is 1. The van der Waals surface area contributed by atoms with E-state index in [9.17, 15) is 0 Å². The molecule has 0 N–H and O–H groups in total. The smallest absolute Gasteiger partial charge is 0.145 e. The molecule has 0 radical (unpaired) electrons. The van der Waals surface area contributed by atoms with Crippen LogP contribution in [-0.4, -0.2) is 9.97 Å². The third kappa shape index (κ3) is 3.05. The summed E-state index contributed by atoms with van der Waals surface area (Å²) in [5, 5.41) is 2.07. The second-order valence-corrected chi connectivity index (χ2v) is 3.47. The molecular weight excluding hydrogens is 231 g/mol. The van der Waals surface area contributed by atoms with Gasteiger partial charge in [0.2, 0.25) is 0 Å². The lowest BCUT2D eigenvalue weighted by molar-refractivity contribution is 0.987. The summed E-state index contributed by atoms with van der Waals surface area (Å²) in [5.74, 6) is 0.817. The van der Waals surface area contributed by atoms with Crippen molar-refractivity contribution in [2.45, 2.75) is 19.7 Å². The molecule has 1 aromatic heterocycles. The molecule has 0 fully saturated rings. The van der Waals surface area contributed by atoms with Crippen molar-refractivity contribution in [3.05, 3.63) is 33.7 Å². The first-order chi connectivity index (χ1) is 7.22. The van der Waals surface area contributed by atoms with Gasteiger partial charge in [0.05, 0.1) is 11.2 Å². The molecule has 0 atom stereocenters. The van der Waals surface area contributed by atoms with Crippen molar-refractivity contribution in [2.75, 3.05) is 0 Å². The van der Waals surface area contributed by atoms with Gasteiger partial charge in [-0.2, -0.15) is 0 Å². The minimum atomic E-state index is 0.268. The monoisotopic (exact) mass is 242 g/mol. The Hall–Kier alpha value is -0.860. The summed E-state index contributed by atoms with van der Waals surface area (Å²) in [6.45, 7) is 3.84. The number of hydrogen-bond acceptors (Lipinski definition) is 2. The van der Waals surface area contributed by atoms with Gasteiger partial charge in [0, 0.05) is 5.22 Å². The Morgan fingerprint density at radius 2 is 2.00 bits per heavy atom. The fraction of sp³-hybridized carbons (Fsp3) is 0.273. The molecule has 4 heteroatoms. The highest BCUT2D eigenvalue weighted by molar-refractivity contribution is 6.29. The van der Waals surface area contributed by atoms with Gasteiger partial charge in [-0.3, -0.25) is 0 Å². The molecule has 2 nitrogen and oxygen atoms in total. The van der Waals surface area contributed by atoms with Crippen LogP contribution in [-0.2, 0) is 5.88 Å². The predicted octanol–water partition coefficient (Wildman–Crippen LogP) is 2.03. The van der Waals surface area contributed by atoms with E-state index >= 15 is 0 Å². The quantitative estimate of drug-likeness (QED) is 0.586. The van der Waals surface area contributed by atoms with Crippen molar-refractivity contribution in [1.82, 2.24) is 9.97 Å². The van der Waals surface area contributed by atoms with E-state index in [1.807, 2.05) is 38.2 Å². The predicted molar refractivity (Wildman–Crippen MR) is 65.3 cm³/mol. The molecule has 0 aliphatic rings. The van der Waals surface area contributed by atoms with Crippen LogP contribution in [0.1, 0.15) is 19.7 Å². The Morgan fingerprint density at radius 3 is 2.53 bits per heavy atom. The number of nitrogens with zero attached hydrogens (tertiary/aromatic N) is 2. The van der Waals surface area contributed by atoms with E-state index < -0.39 is 0 Å². The molecule has 0 unspecified atom stereocenters. The number of halogens is 2. The lowest BCUT2D eigenvalue weighted by Gasteiger charge is -1.97. The third-order valence-electron chi connectivity index (χ3n) is 1.82. The average Bonchev–Trinajstić information content (AvgIpc) is 2.26. The van der Waals surface area contributed by atoms with Crippen LogP contribution in [0.3, 0.4) is 0 Å². The topological polar surface area (TPSA) is 25.8 Å². The van der Waals surface area contributed by atoms with Gasteiger partial charge in [-0.15, -0.1) is 11.6 Å². The fourth-order valence-corrected chi connectivity index (χ4v) is 1.51. The molecule has 15 heavy (non-hydrogen) atoms. The molecule has 0 saturated heterocycles. The first-order valence-corrected chi connectivity index (χ1v) is 5.52. The van der Waals surface area contributed by atoms with Gasteiger partial charge in [0.1, 0.15) is 11.0 Å². The molecule has 1 heterocycles. The van der Waals surface area contributed by atoms with Crippen LogP contribution in [0.15, 0.2) is 12.2 Å². The van der Waals surface area contributed by atoms with E-state index in [4.69, 9.17) is 23.2 Å². The minimum Gasteiger partial charge on any atom is -0.232 e. The highest BCUT2D eigenvalue weighted by atomic mass is 35.5. The summed E-state index contributed by atoms with van der Waals surface area (Å²) in [4.78, 5) is 8.37. The molecule has 0 aliphatic carbocycles. The van der Waals surface area contributed by atoms with Crippen molar-refractivity contribution in [3.63, 3.8) is 0 Å². The van der Waals surface area contributed by atoms with Crippen LogP contribution in [0.25, 0.3) is 12.2 Å². The molecule has 0 spiro atoms. The summed E-state index contributed by atoms with van der Waals surface area (Å²) in [7, 11) is 0. The molecule has 80 valence electrons. The van der Waals surface area contributed by atoms with Crippen molar-refractivity contribution in [3.8, 4) is 0 Å². The van der Waals surface area contributed by atoms with E-state index in [0.29, 0.717) is 11.0 Å². The van der Waals surface area contributed by atoms with E-state index in [1.54, 1.807) is 0 Å². The van der Waals surface area contributed by atoms with Crippen LogP contribution < -0.4 is 10.6 Å². The minimum absolute atomic E-state index is 0.268. The number of hydrogen-bond donors (Lipinski definition) is 0. The van der Waals surface area contributed by atoms with Gasteiger partial charge in [-0.05, 0) is 13.8 Å². The molecule has 0 aliphatic heterocycles. The summed E-state index contributed by atoms with van der Waals surface area (Å²) in [6, 6.07) is 0. The number of allylic oxidation sites excluding steroid dienone is 2. The van der Waals surface area contributed by atoms with Crippen LogP contribution in [0.2, 0.25) is 5.15 Å². The third-order valence-corrected chi connectivity index (χ3v) is 2.35. The molecule has 0 bridgehead atoms. The Morgan fingerprint density at radius 1 is 1.27 bits per heavy atom. The first-order valence-electron chi connectivity index (χ1n) is 4.60. The first kappa shape index (κ1) is 12.2. The maximum absolute atomic E-state index is 6.03. The molecule has 0 aromatic carbocycles. The zero-order chi connectivity index (χ0) is 11.3. The van der Waals surface area contributed by atoms with Gasteiger partial charge in [-0.1, -0.05) is 35.9 Å². The Bertz CT molecular complexity index is 478. The highest BCUT2D eigenvalue weighted by Crippen LogP contribution is 1.97. The van der Waals surface area contributed by atoms with Crippen LogP contribution in [0.4, 0.5) is 0 Å². The largest absolute Gasteiger partial charge is 0.232 e. The van der Waals surface area contributed by atoms with E-state index in [2.05, 4.69) is 9.97 Å². The van der Waals surface area contributed by atoms with Crippen molar-refractivity contribution >= 4 is 35.4 Å². The molecule has 0 saturated carbocycles. The molecule has 1 rings (SSSR count). The van der Waals surface area contributed by atoms with E-state index in [1.165, 1.54) is 0 Å². The SMILES string of the molecule is C\C=C/C=c1/c(Cl)nc(CCl)n/c1=C/C. The lowest BCUT2D eigenvalue weighted by Crippen LogP contribution is -2.31. The van der Waals surface area contributed by atoms with Crippen LogP contribution in [0.5, 0.6) is 0 Å². The van der Waals surface area contributed by atoms with Gasteiger partial charge in [0.25, 0.3) is 0 Å². The highest BCUT2D eigenvalue weighted by Gasteiger charge is 2.00. The number of aromatic nitrogens is 2. The normalized spacial score (nSPS) is 14.1. The Kier molecular flexibility index (Phi) is 4.79. The zero-order valence-electron chi connectivity index (χ0n) is 8.67.